The number of hydrogen-bond donors (Lipinski definition) is 0. The quantitative estimate of drug-likeness (QED) is 0.631. The van der Waals surface area contributed by atoms with Crippen LogP contribution in [0.25, 0.3) is 0 Å². The van der Waals surface area contributed by atoms with Gasteiger partial charge in [-0.15, -0.1) is 11.3 Å². The molecule has 5 nitrogen and oxygen atoms in total. The number of nitrogens with zero attached hydrogens (tertiary/aromatic N) is 3. The number of ether oxygens (including phenoxy) is 1. The minimum absolute atomic E-state index is 0.0279. The number of aromatic nitrogens is 1. The fourth-order valence-corrected chi connectivity index (χ4v) is 3.97. The van der Waals surface area contributed by atoms with Crippen LogP contribution in [0.3, 0.4) is 0 Å². The Balaban J connectivity index is 1.43. The molecule has 0 unspecified atom stereocenters. The average molecular weight is 412 g/mol. The topological polar surface area (TPSA) is 45.7 Å². The Morgan fingerprint density at radius 2 is 1.90 bits per heavy atom. The van der Waals surface area contributed by atoms with Crippen LogP contribution in [-0.2, 0) is 6.61 Å². The first-order chi connectivity index (χ1) is 14.2. The van der Waals surface area contributed by atoms with Gasteiger partial charge < -0.3 is 14.5 Å². The second-order valence-corrected chi connectivity index (χ2v) is 7.59. The third kappa shape index (κ3) is 4.74. The molecule has 0 saturated carbocycles. The highest BCUT2D eigenvalue weighted by Crippen LogP contribution is 2.23. The Hall–Kier alpha value is -2.93. The molecule has 1 fully saturated rings. The number of hydrogen-bond acceptors (Lipinski definition) is 5. The molecule has 0 radical (unpaired) electrons. The summed E-state index contributed by atoms with van der Waals surface area (Å²) in [5.74, 6) is 0.305. The van der Waals surface area contributed by atoms with E-state index in [2.05, 4.69) is 9.88 Å². The van der Waals surface area contributed by atoms with E-state index >= 15 is 0 Å². The molecule has 4 rings (SSSR count). The Morgan fingerprint density at radius 1 is 1.07 bits per heavy atom. The largest absolute Gasteiger partial charge is 0.486 e. The van der Waals surface area contributed by atoms with Gasteiger partial charge in [-0.3, -0.25) is 4.79 Å². The van der Waals surface area contributed by atoms with Crippen molar-refractivity contribution in [2.24, 2.45) is 0 Å². The molecule has 3 aromatic rings. The Bertz CT molecular complexity index is 947. The molecule has 1 saturated heterocycles. The zero-order valence-corrected chi connectivity index (χ0v) is 16.8. The van der Waals surface area contributed by atoms with Gasteiger partial charge in [0.15, 0.2) is 0 Å². The zero-order valence-electron chi connectivity index (χ0n) is 16.0. The molecule has 0 N–H and O–H groups in total. The molecule has 0 bridgehead atoms. The van der Waals surface area contributed by atoms with E-state index in [1.165, 1.54) is 23.5 Å². The van der Waals surface area contributed by atoms with Gasteiger partial charge in [0.2, 0.25) is 0 Å². The number of halogens is 1. The van der Waals surface area contributed by atoms with Gasteiger partial charge in [0, 0.05) is 37.2 Å². The molecule has 1 aliphatic heterocycles. The van der Waals surface area contributed by atoms with E-state index in [1.807, 2.05) is 28.5 Å². The van der Waals surface area contributed by atoms with Crippen LogP contribution in [-0.4, -0.2) is 42.0 Å². The molecular weight excluding hydrogens is 389 g/mol. The van der Waals surface area contributed by atoms with E-state index in [-0.39, 0.29) is 11.7 Å². The van der Waals surface area contributed by atoms with E-state index in [4.69, 9.17) is 4.74 Å². The predicted octanol–water partition coefficient (Wildman–Crippen LogP) is 4.21. The summed E-state index contributed by atoms with van der Waals surface area (Å²) in [7, 11) is 0. The van der Waals surface area contributed by atoms with Crippen molar-refractivity contribution in [3.8, 4) is 5.75 Å². The maximum Gasteiger partial charge on any atom is 0.257 e. The van der Waals surface area contributed by atoms with E-state index in [0.717, 1.165) is 24.3 Å². The number of amides is 1. The molecule has 1 amide bonds. The lowest BCUT2D eigenvalue weighted by molar-refractivity contribution is 0.0762. The van der Waals surface area contributed by atoms with Gasteiger partial charge in [-0.1, -0.05) is 12.1 Å². The maximum absolute atomic E-state index is 13.2. The number of thiazole rings is 1. The molecule has 0 aliphatic carbocycles. The van der Waals surface area contributed by atoms with Crippen LogP contribution in [0.4, 0.5) is 10.1 Å². The van der Waals surface area contributed by atoms with Gasteiger partial charge in [-0.25, -0.2) is 9.37 Å². The minimum Gasteiger partial charge on any atom is -0.486 e. The van der Waals surface area contributed by atoms with Crippen LogP contribution in [0.1, 0.15) is 22.5 Å². The summed E-state index contributed by atoms with van der Waals surface area (Å²) in [5, 5.41) is 1.93. The molecule has 150 valence electrons. The Morgan fingerprint density at radius 3 is 2.69 bits per heavy atom. The number of rotatable bonds is 5. The molecular formula is C22H22FN3O2S. The second-order valence-electron chi connectivity index (χ2n) is 6.87. The molecule has 1 aliphatic rings. The van der Waals surface area contributed by atoms with Crippen molar-refractivity contribution in [1.82, 2.24) is 9.88 Å². The van der Waals surface area contributed by atoms with E-state index in [1.54, 1.807) is 23.7 Å². The SMILES string of the molecule is O=C(c1ccccc1OCc1cscn1)N1CCCN(c2ccc(F)cc2)CC1. The van der Waals surface area contributed by atoms with Crippen molar-refractivity contribution in [1.29, 1.82) is 0 Å². The lowest BCUT2D eigenvalue weighted by Crippen LogP contribution is -2.35. The molecule has 0 atom stereocenters. The minimum atomic E-state index is -0.241. The molecule has 7 heteroatoms. The Kier molecular flexibility index (Phi) is 6.05. The zero-order chi connectivity index (χ0) is 20.1. The molecule has 2 aromatic carbocycles. The summed E-state index contributed by atoms with van der Waals surface area (Å²) in [5.41, 5.74) is 4.16. The summed E-state index contributed by atoms with van der Waals surface area (Å²) in [6, 6.07) is 13.9. The van der Waals surface area contributed by atoms with E-state index in [0.29, 0.717) is 37.6 Å². The van der Waals surface area contributed by atoms with Crippen molar-refractivity contribution in [3.63, 3.8) is 0 Å². The van der Waals surface area contributed by atoms with Gasteiger partial charge >= 0.3 is 0 Å². The van der Waals surface area contributed by atoms with Crippen LogP contribution in [0.5, 0.6) is 5.75 Å². The van der Waals surface area contributed by atoms with Gasteiger partial charge in [0.25, 0.3) is 5.91 Å². The molecule has 1 aromatic heterocycles. The van der Waals surface area contributed by atoms with Crippen molar-refractivity contribution in [2.75, 3.05) is 31.1 Å². The van der Waals surface area contributed by atoms with Crippen LogP contribution >= 0.6 is 11.3 Å². The van der Waals surface area contributed by atoms with Gasteiger partial charge in [0.1, 0.15) is 18.2 Å². The van der Waals surface area contributed by atoms with Crippen molar-refractivity contribution < 1.29 is 13.9 Å². The third-order valence-electron chi connectivity index (χ3n) is 4.95. The number of carbonyl (C=O) groups is 1. The normalized spacial score (nSPS) is 14.5. The first-order valence-electron chi connectivity index (χ1n) is 9.59. The highest BCUT2D eigenvalue weighted by Gasteiger charge is 2.23. The summed E-state index contributed by atoms with van der Waals surface area (Å²) in [4.78, 5) is 21.5. The lowest BCUT2D eigenvalue weighted by Gasteiger charge is -2.24. The number of para-hydroxylation sites is 1. The Labute approximate surface area is 173 Å². The molecule has 2 heterocycles. The van der Waals surface area contributed by atoms with Gasteiger partial charge in [-0.2, -0.15) is 0 Å². The monoisotopic (exact) mass is 411 g/mol. The van der Waals surface area contributed by atoms with Crippen LogP contribution in [0.2, 0.25) is 0 Å². The van der Waals surface area contributed by atoms with Crippen molar-refractivity contribution in [2.45, 2.75) is 13.0 Å². The summed E-state index contributed by atoms with van der Waals surface area (Å²) in [6.07, 6.45) is 0.852. The highest BCUT2D eigenvalue weighted by atomic mass is 32.1. The van der Waals surface area contributed by atoms with E-state index in [9.17, 15) is 9.18 Å². The second kappa shape index (κ2) is 9.05. The maximum atomic E-state index is 13.2. The molecule has 0 spiro atoms. The standard InChI is InChI=1S/C22H22FN3O2S/c23-17-6-8-19(9-7-17)25-10-3-11-26(13-12-25)22(27)20-4-1-2-5-21(20)28-14-18-15-29-16-24-18/h1-2,4-9,15-16H,3,10-14H2. The first-order valence-corrected chi connectivity index (χ1v) is 10.5. The lowest BCUT2D eigenvalue weighted by atomic mass is 10.1. The van der Waals surface area contributed by atoms with Crippen LogP contribution in [0.15, 0.2) is 59.4 Å². The predicted molar refractivity (Wildman–Crippen MR) is 112 cm³/mol. The summed E-state index contributed by atoms with van der Waals surface area (Å²) in [6.45, 7) is 3.16. The summed E-state index contributed by atoms with van der Waals surface area (Å²) >= 11 is 1.52. The average Bonchev–Trinajstić information content (AvgIpc) is 3.15. The fourth-order valence-electron chi connectivity index (χ4n) is 3.43. The number of benzene rings is 2. The van der Waals surface area contributed by atoms with Crippen LogP contribution < -0.4 is 9.64 Å². The first kappa shape index (κ1) is 19.4. The van der Waals surface area contributed by atoms with Gasteiger partial charge in [0.05, 0.1) is 16.8 Å². The molecule has 29 heavy (non-hydrogen) atoms. The number of anilines is 1. The smallest absolute Gasteiger partial charge is 0.257 e. The van der Waals surface area contributed by atoms with Crippen LogP contribution in [0, 0.1) is 5.82 Å². The van der Waals surface area contributed by atoms with Gasteiger partial charge in [-0.05, 0) is 42.8 Å². The third-order valence-corrected chi connectivity index (χ3v) is 5.59. The van der Waals surface area contributed by atoms with E-state index < -0.39 is 0 Å². The highest BCUT2D eigenvalue weighted by molar-refractivity contribution is 7.07. The number of carbonyl (C=O) groups excluding carboxylic acids is 1. The summed E-state index contributed by atoms with van der Waals surface area (Å²) < 4.78 is 19.1. The van der Waals surface area contributed by atoms with Crippen molar-refractivity contribution >= 4 is 22.9 Å². The van der Waals surface area contributed by atoms with Crippen molar-refractivity contribution in [3.05, 3.63) is 76.5 Å². The fraction of sp³-hybridized carbons (Fsp3) is 0.273.